The number of carbonyl (C=O) groups excluding carboxylic acids is 1. The lowest BCUT2D eigenvalue weighted by molar-refractivity contribution is -0.177. The van der Waals surface area contributed by atoms with Crippen LogP contribution in [0.15, 0.2) is 0 Å². The van der Waals surface area contributed by atoms with Gasteiger partial charge in [-0.15, -0.1) is 0 Å². The summed E-state index contributed by atoms with van der Waals surface area (Å²) in [6.45, 7) is 0.942. The zero-order valence-electron chi connectivity index (χ0n) is 5.46. The number of carbonyl (C=O) groups is 1. The van der Waals surface area contributed by atoms with Gasteiger partial charge in [-0.25, -0.2) is 0 Å². The summed E-state index contributed by atoms with van der Waals surface area (Å²) >= 11 is 0. The van der Waals surface area contributed by atoms with E-state index in [9.17, 15) is 4.79 Å². The van der Waals surface area contributed by atoms with Gasteiger partial charge >= 0.3 is 5.97 Å². The highest BCUT2D eigenvalue weighted by atomic mass is 16.7. The second-order valence-corrected chi connectivity index (χ2v) is 1.46. The van der Waals surface area contributed by atoms with Gasteiger partial charge in [-0.1, -0.05) is 0 Å². The predicted molar refractivity (Wildman–Crippen MR) is 29.6 cm³/mol. The fourth-order valence-corrected chi connectivity index (χ4v) is 0.345. The third-order valence-electron chi connectivity index (χ3n) is 0.709. The summed E-state index contributed by atoms with van der Waals surface area (Å²) in [5.41, 5.74) is 0. The van der Waals surface area contributed by atoms with Crippen LogP contribution in [0.25, 0.3) is 0 Å². The minimum absolute atomic E-state index is 0.309. The molecule has 0 heterocycles. The fraction of sp³-hybridized carbons (Fsp3) is 0.800. The molecule has 0 saturated carbocycles. The number of aliphatic hydroxyl groups excluding tert-OH is 1. The second-order valence-electron chi connectivity index (χ2n) is 1.46. The van der Waals surface area contributed by atoms with Crippen LogP contribution < -0.4 is 0 Å². The molecule has 54 valence electrons. The Balaban J connectivity index is 3.43. The Hall–Kier alpha value is -0.610. The Morgan fingerprint density at radius 2 is 2.33 bits per heavy atom. The van der Waals surface area contributed by atoms with E-state index in [0.717, 1.165) is 0 Å². The molecule has 0 rings (SSSR count). The Labute approximate surface area is 53.4 Å². The van der Waals surface area contributed by atoms with Crippen molar-refractivity contribution in [2.75, 3.05) is 13.7 Å². The van der Waals surface area contributed by atoms with Gasteiger partial charge in [-0.3, -0.25) is 4.79 Å². The first-order chi connectivity index (χ1) is 4.20. The Morgan fingerprint density at radius 3 is 2.44 bits per heavy atom. The summed E-state index contributed by atoms with van der Waals surface area (Å²) in [6.07, 6.45) is -0.817. The molecule has 0 saturated heterocycles. The zero-order valence-corrected chi connectivity index (χ0v) is 5.46. The molecule has 0 aliphatic rings. The van der Waals surface area contributed by atoms with Gasteiger partial charge in [0.05, 0.1) is 0 Å². The number of ether oxygens (including phenoxy) is 2. The molecule has 0 radical (unpaired) electrons. The number of methoxy groups -OCH3 is 1. The summed E-state index contributed by atoms with van der Waals surface area (Å²) in [5, 5.41) is 8.37. The highest BCUT2D eigenvalue weighted by Crippen LogP contribution is 1.90. The van der Waals surface area contributed by atoms with Crippen LogP contribution in [0.4, 0.5) is 0 Å². The smallest absolute Gasteiger partial charge is 0.305 e. The van der Waals surface area contributed by atoms with Gasteiger partial charge in [0.15, 0.2) is 0 Å². The standard InChI is InChI=1S/C5H10O4/c1-4(7)9-5(3-6)8-2/h5-6H,3H2,1-2H3. The van der Waals surface area contributed by atoms with Gasteiger partial charge in [-0.05, 0) is 0 Å². The van der Waals surface area contributed by atoms with Gasteiger partial charge in [0.2, 0.25) is 6.29 Å². The first-order valence-corrected chi connectivity index (χ1v) is 2.51. The van der Waals surface area contributed by atoms with Crippen molar-refractivity contribution < 1.29 is 19.4 Å². The lowest BCUT2D eigenvalue weighted by atomic mass is 10.7. The van der Waals surface area contributed by atoms with E-state index < -0.39 is 12.3 Å². The molecule has 0 fully saturated rings. The van der Waals surface area contributed by atoms with Crippen molar-refractivity contribution in [1.82, 2.24) is 0 Å². The number of esters is 1. The zero-order chi connectivity index (χ0) is 7.28. The molecule has 1 unspecified atom stereocenters. The van der Waals surface area contributed by atoms with Crippen LogP contribution in [-0.4, -0.2) is 31.1 Å². The summed E-state index contributed by atoms with van der Waals surface area (Å²) in [6, 6.07) is 0. The van der Waals surface area contributed by atoms with Crippen LogP contribution in [-0.2, 0) is 14.3 Å². The summed E-state index contributed by atoms with van der Waals surface area (Å²) in [4.78, 5) is 10.2. The maximum atomic E-state index is 10.2. The molecule has 0 bridgehead atoms. The average Bonchev–Trinajstić information content (AvgIpc) is 1.82. The third-order valence-corrected chi connectivity index (χ3v) is 0.709. The lowest BCUT2D eigenvalue weighted by Gasteiger charge is -2.10. The first kappa shape index (κ1) is 8.39. The predicted octanol–water partition coefficient (Wildman–Crippen LogP) is -0.486. The van der Waals surface area contributed by atoms with Gasteiger partial charge in [0, 0.05) is 14.0 Å². The molecule has 4 nitrogen and oxygen atoms in total. The van der Waals surface area contributed by atoms with Crippen LogP contribution in [0.5, 0.6) is 0 Å². The highest BCUT2D eigenvalue weighted by Gasteiger charge is 2.06. The highest BCUT2D eigenvalue weighted by molar-refractivity contribution is 5.66. The van der Waals surface area contributed by atoms with Crippen LogP contribution in [0.2, 0.25) is 0 Å². The van der Waals surface area contributed by atoms with Crippen LogP contribution >= 0.6 is 0 Å². The third kappa shape index (κ3) is 3.93. The molecule has 0 spiro atoms. The molecular formula is C5H10O4. The monoisotopic (exact) mass is 134 g/mol. The molecule has 0 aromatic heterocycles. The van der Waals surface area contributed by atoms with Crippen LogP contribution in [0.3, 0.4) is 0 Å². The first-order valence-electron chi connectivity index (χ1n) is 2.51. The second kappa shape index (κ2) is 4.29. The van der Waals surface area contributed by atoms with E-state index in [2.05, 4.69) is 9.47 Å². The molecule has 0 aromatic rings. The van der Waals surface area contributed by atoms with E-state index >= 15 is 0 Å². The van der Waals surface area contributed by atoms with Crippen molar-refractivity contribution in [3.63, 3.8) is 0 Å². The van der Waals surface area contributed by atoms with E-state index in [1.54, 1.807) is 0 Å². The largest absolute Gasteiger partial charge is 0.433 e. The van der Waals surface area contributed by atoms with Gasteiger partial charge < -0.3 is 14.6 Å². The number of rotatable bonds is 3. The molecule has 1 N–H and O–H groups in total. The minimum atomic E-state index is -0.817. The Morgan fingerprint density at radius 1 is 1.78 bits per heavy atom. The normalized spacial score (nSPS) is 12.8. The SMILES string of the molecule is COC(CO)OC(C)=O. The van der Waals surface area contributed by atoms with E-state index in [1.165, 1.54) is 14.0 Å². The topological polar surface area (TPSA) is 55.8 Å². The van der Waals surface area contributed by atoms with Crippen molar-refractivity contribution in [2.45, 2.75) is 13.2 Å². The fourth-order valence-electron chi connectivity index (χ4n) is 0.345. The van der Waals surface area contributed by atoms with Crippen LogP contribution in [0, 0.1) is 0 Å². The van der Waals surface area contributed by atoms with E-state index in [1.807, 2.05) is 0 Å². The molecule has 0 amide bonds. The van der Waals surface area contributed by atoms with E-state index in [0.29, 0.717) is 0 Å². The average molecular weight is 134 g/mol. The number of hydrogen-bond acceptors (Lipinski definition) is 4. The van der Waals surface area contributed by atoms with Gasteiger partial charge in [0.25, 0.3) is 0 Å². The van der Waals surface area contributed by atoms with Crippen molar-refractivity contribution in [1.29, 1.82) is 0 Å². The Bertz CT molecular complexity index is 87.0. The van der Waals surface area contributed by atoms with E-state index in [-0.39, 0.29) is 6.61 Å². The molecule has 0 aliphatic heterocycles. The van der Waals surface area contributed by atoms with Crippen LogP contribution in [0.1, 0.15) is 6.92 Å². The number of aliphatic hydroxyl groups is 1. The van der Waals surface area contributed by atoms with Crippen molar-refractivity contribution >= 4 is 5.97 Å². The summed E-state index contributed by atoms with van der Waals surface area (Å²) in [7, 11) is 1.35. The minimum Gasteiger partial charge on any atom is -0.433 e. The molecule has 0 aromatic carbocycles. The van der Waals surface area contributed by atoms with E-state index in [4.69, 9.17) is 5.11 Å². The molecular weight excluding hydrogens is 124 g/mol. The quantitative estimate of drug-likeness (QED) is 0.418. The molecule has 4 heteroatoms. The lowest BCUT2D eigenvalue weighted by Crippen LogP contribution is -2.21. The van der Waals surface area contributed by atoms with Crippen molar-refractivity contribution in [2.24, 2.45) is 0 Å². The maximum Gasteiger partial charge on any atom is 0.305 e. The molecule has 0 aliphatic carbocycles. The van der Waals surface area contributed by atoms with Gasteiger partial charge in [-0.2, -0.15) is 0 Å². The Kier molecular flexibility index (Phi) is 4.00. The molecule has 9 heavy (non-hydrogen) atoms. The number of hydrogen-bond donors (Lipinski definition) is 1. The van der Waals surface area contributed by atoms with Crippen molar-refractivity contribution in [3.05, 3.63) is 0 Å². The molecule has 1 atom stereocenters. The van der Waals surface area contributed by atoms with Crippen molar-refractivity contribution in [3.8, 4) is 0 Å². The summed E-state index contributed by atoms with van der Waals surface area (Å²) in [5.74, 6) is -0.462. The summed E-state index contributed by atoms with van der Waals surface area (Å²) < 4.78 is 8.95. The maximum absolute atomic E-state index is 10.2. The van der Waals surface area contributed by atoms with Gasteiger partial charge in [0.1, 0.15) is 6.61 Å².